The molecule has 7 nitrogen and oxygen atoms in total. The largest absolute Gasteiger partial charge is 0.376 e. The lowest BCUT2D eigenvalue weighted by molar-refractivity contribution is -0.118. The SMILES string of the molecule is C[C@@H]1CN(Cc2ccccc2NCC(=O)NC(N)=O)C[C@@H](C)O1. The first-order chi connectivity index (χ1) is 10.9. The molecule has 126 valence electrons. The van der Waals surface area contributed by atoms with Crippen molar-refractivity contribution in [2.24, 2.45) is 5.73 Å². The minimum absolute atomic E-state index is 0.00410. The molecule has 1 saturated heterocycles. The van der Waals surface area contributed by atoms with Crippen molar-refractivity contribution >= 4 is 17.6 Å². The third-order valence-electron chi connectivity index (χ3n) is 3.61. The molecule has 1 aliphatic heterocycles. The Balaban J connectivity index is 1.97. The molecule has 7 heteroatoms. The van der Waals surface area contributed by atoms with Crippen molar-refractivity contribution in [3.8, 4) is 0 Å². The first kappa shape index (κ1) is 17.2. The van der Waals surface area contributed by atoms with Crippen molar-refractivity contribution in [2.45, 2.75) is 32.6 Å². The molecule has 4 N–H and O–H groups in total. The van der Waals surface area contributed by atoms with Gasteiger partial charge in [-0.25, -0.2) is 4.79 Å². The van der Waals surface area contributed by atoms with Crippen molar-refractivity contribution in [1.29, 1.82) is 0 Å². The molecule has 23 heavy (non-hydrogen) atoms. The van der Waals surface area contributed by atoms with E-state index in [1.807, 2.05) is 29.6 Å². The summed E-state index contributed by atoms with van der Waals surface area (Å²) in [5.41, 5.74) is 6.90. The molecule has 0 aromatic heterocycles. The Morgan fingerprint density at radius 1 is 1.26 bits per heavy atom. The number of benzene rings is 1. The average Bonchev–Trinajstić information content (AvgIpc) is 2.44. The van der Waals surface area contributed by atoms with Gasteiger partial charge in [0.05, 0.1) is 18.8 Å². The number of rotatable bonds is 5. The van der Waals surface area contributed by atoms with Gasteiger partial charge in [0.1, 0.15) is 0 Å². The molecular formula is C16H24N4O3. The van der Waals surface area contributed by atoms with Crippen LogP contribution >= 0.6 is 0 Å². The van der Waals surface area contributed by atoms with E-state index in [2.05, 4.69) is 24.1 Å². The molecule has 1 fully saturated rings. The first-order valence-corrected chi connectivity index (χ1v) is 7.73. The number of para-hydroxylation sites is 1. The van der Waals surface area contributed by atoms with Gasteiger partial charge in [-0.1, -0.05) is 18.2 Å². The molecule has 0 spiro atoms. The molecule has 2 rings (SSSR count). The van der Waals surface area contributed by atoms with Crippen LogP contribution in [0.4, 0.5) is 10.5 Å². The number of carbonyl (C=O) groups excluding carboxylic acids is 2. The fourth-order valence-electron chi connectivity index (χ4n) is 2.84. The van der Waals surface area contributed by atoms with E-state index in [0.29, 0.717) is 0 Å². The number of imide groups is 1. The van der Waals surface area contributed by atoms with Crippen LogP contribution in [-0.4, -0.2) is 48.7 Å². The predicted octanol–water partition coefficient (Wildman–Crippen LogP) is 0.903. The van der Waals surface area contributed by atoms with Crippen molar-refractivity contribution in [2.75, 3.05) is 25.0 Å². The molecular weight excluding hydrogens is 296 g/mol. The third-order valence-corrected chi connectivity index (χ3v) is 3.61. The first-order valence-electron chi connectivity index (χ1n) is 7.73. The van der Waals surface area contributed by atoms with E-state index >= 15 is 0 Å². The summed E-state index contributed by atoms with van der Waals surface area (Å²) >= 11 is 0. The summed E-state index contributed by atoms with van der Waals surface area (Å²) in [6, 6.07) is 6.97. The molecule has 0 saturated carbocycles. The van der Waals surface area contributed by atoms with Gasteiger partial charge in [-0.3, -0.25) is 15.0 Å². The maximum atomic E-state index is 11.5. The Bertz CT molecular complexity index is 554. The topological polar surface area (TPSA) is 96.7 Å². The van der Waals surface area contributed by atoms with E-state index in [9.17, 15) is 9.59 Å². The van der Waals surface area contributed by atoms with E-state index in [0.717, 1.165) is 30.9 Å². The van der Waals surface area contributed by atoms with Gasteiger partial charge in [0.25, 0.3) is 0 Å². The Morgan fingerprint density at radius 3 is 2.57 bits per heavy atom. The molecule has 2 atom stereocenters. The Hall–Kier alpha value is -2.12. The Kier molecular flexibility index (Phi) is 5.95. The van der Waals surface area contributed by atoms with Crippen LogP contribution in [0.3, 0.4) is 0 Å². The van der Waals surface area contributed by atoms with Crippen molar-refractivity contribution in [1.82, 2.24) is 10.2 Å². The number of hydrogen-bond acceptors (Lipinski definition) is 5. The van der Waals surface area contributed by atoms with Gasteiger partial charge in [0.15, 0.2) is 0 Å². The number of ether oxygens (including phenoxy) is 1. The normalized spacial score (nSPS) is 21.7. The van der Waals surface area contributed by atoms with Crippen LogP contribution in [0.15, 0.2) is 24.3 Å². The minimum Gasteiger partial charge on any atom is -0.376 e. The summed E-state index contributed by atoms with van der Waals surface area (Å²) in [5.74, 6) is -0.457. The van der Waals surface area contributed by atoms with E-state index in [1.54, 1.807) is 0 Å². The number of carbonyl (C=O) groups is 2. The molecule has 0 bridgehead atoms. The Labute approximate surface area is 136 Å². The summed E-state index contributed by atoms with van der Waals surface area (Å²) in [7, 11) is 0. The highest BCUT2D eigenvalue weighted by Gasteiger charge is 2.22. The summed E-state index contributed by atoms with van der Waals surface area (Å²) in [6.07, 6.45) is 0.417. The average molecular weight is 320 g/mol. The second-order valence-electron chi connectivity index (χ2n) is 5.87. The van der Waals surface area contributed by atoms with Gasteiger partial charge in [0.2, 0.25) is 5.91 Å². The van der Waals surface area contributed by atoms with Crippen LogP contribution in [-0.2, 0) is 16.1 Å². The fraction of sp³-hybridized carbons (Fsp3) is 0.500. The van der Waals surface area contributed by atoms with Crippen LogP contribution in [0.1, 0.15) is 19.4 Å². The summed E-state index contributed by atoms with van der Waals surface area (Å²) in [6.45, 7) is 6.66. The molecule has 1 aromatic rings. The smallest absolute Gasteiger partial charge is 0.318 e. The predicted molar refractivity (Wildman–Crippen MR) is 87.9 cm³/mol. The third kappa shape index (κ3) is 5.54. The molecule has 0 aliphatic carbocycles. The maximum absolute atomic E-state index is 11.5. The minimum atomic E-state index is -0.846. The van der Waals surface area contributed by atoms with Gasteiger partial charge >= 0.3 is 6.03 Å². The van der Waals surface area contributed by atoms with Crippen molar-refractivity contribution < 1.29 is 14.3 Å². The number of nitrogens with zero attached hydrogens (tertiary/aromatic N) is 1. The van der Waals surface area contributed by atoms with E-state index in [4.69, 9.17) is 10.5 Å². The molecule has 1 heterocycles. The van der Waals surface area contributed by atoms with Crippen LogP contribution < -0.4 is 16.4 Å². The number of morpholine rings is 1. The number of amides is 3. The lowest BCUT2D eigenvalue weighted by atomic mass is 10.1. The molecule has 0 radical (unpaired) electrons. The number of nitrogens with one attached hydrogen (secondary N) is 2. The summed E-state index contributed by atoms with van der Waals surface area (Å²) < 4.78 is 5.75. The number of primary amides is 1. The van der Waals surface area contributed by atoms with Crippen molar-refractivity contribution in [3.05, 3.63) is 29.8 Å². The van der Waals surface area contributed by atoms with E-state index in [-0.39, 0.29) is 18.8 Å². The Morgan fingerprint density at radius 2 is 1.91 bits per heavy atom. The van der Waals surface area contributed by atoms with Gasteiger partial charge in [0, 0.05) is 25.3 Å². The van der Waals surface area contributed by atoms with Crippen LogP contribution in [0.25, 0.3) is 0 Å². The summed E-state index contributed by atoms with van der Waals surface area (Å²) in [5, 5.41) is 5.09. The van der Waals surface area contributed by atoms with Crippen molar-refractivity contribution in [3.63, 3.8) is 0 Å². The highest BCUT2D eigenvalue weighted by atomic mass is 16.5. The van der Waals surface area contributed by atoms with Gasteiger partial charge in [-0.2, -0.15) is 0 Å². The second kappa shape index (κ2) is 7.94. The second-order valence-corrected chi connectivity index (χ2v) is 5.87. The van der Waals surface area contributed by atoms with Gasteiger partial charge in [-0.15, -0.1) is 0 Å². The van der Waals surface area contributed by atoms with E-state index < -0.39 is 11.9 Å². The maximum Gasteiger partial charge on any atom is 0.318 e. The fourth-order valence-corrected chi connectivity index (χ4v) is 2.84. The molecule has 0 unspecified atom stereocenters. The van der Waals surface area contributed by atoms with Gasteiger partial charge in [-0.05, 0) is 25.5 Å². The number of hydrogen-bond donors (Lipinski definition) is 3. The van der Waals surface area contributed by atoms with Crippen LogP contribution in [0.2, 0.25) is 0 Å². The molecule has 1 aliphatic rings. The highest BCUT2D eigenvalue weighted by molar-refractivity contribution is 5.95. The summed E-state index contributed by atoms with van der Waals surface area (Å²) in [4.78, 5) is 24.5. The van der Waals surface area contributed by atoms with Crippen LogP contribution in [0.5, 0.6) is 0 Å². The zero-order chi connectivity index (χ0) is 16.8. The highest BCUT2D eigenvalue weighted by Crippen LogP contribution is 2.20. The monoisotopic (exact) mass is 320 g/mol. The number of nitrogens with two attached hydrogens (primary N) is 1. The standard InChI is InChI=1S/C16H24N4O3/c1-11-8-20(9-12(2)23-11)10-13-5-3-4-6-14(13)18-7-15(21)19-16(17)22/h3-6,11-12,18H,7-10H2,1-2H3,(H3,17,19,21,22)/t11-,12-/m1/s1. The van der Waals surface area contributed by atoms with Crippen LogP contribution in [0, 0.1) is 0 Å². The lowest BCUT2D eigenvalue weighted by Gasteiger charge is -2.35. The lowest BCUT2D eigenvalue weighted by Crippen LogP contribution is -2.44. The number of anilines is 1. The quantitative estimate of drug-likeness (QED) is 0.749. The zero-order valence-corrected chi connectivity index (χ0v) is 13.5. The molecule has 3 amide bonds. The zero-order valence-electron chi connectivity index (χ0n) is 13.5. The van der Waals surface area contributed by atoms with E-state index in [1.165, 1.54) is 0 Å². The van der Waals surface area contributed by atoms with Gasteiger partial charge < -0.3 is 15.8 Å². The number of urea groups is 1. The molecule has 1 aromatic carbocycles.